The summed E-state index contributed by atoms with van der Waals surface area (Å²) in [6.45, 7) is 6.39. The van der Waals surface area contributed by atoms with Gasteiger partial charge in [0.05, 0.1) is 0 Å². The molecular formula is C15H26N2O3. The van der Waals surface area contributed by atoms with E-state index in [1.165, 1.54) is 0 Å². The van der Waals surface area contributed by atoms with Crippen molar-refractivity contribution in [3.63, 3.8) is 0 Å². The second-order valence-electron chi connectivity index (χ2n) is 6.84. The van der Waals surface area contributed by atoms with E-state index in [9.17, 15) is 14.7 Å². The predicted octanol–water partition coefficient (Wildman–Crippen LogP) is 1.48. The molecule has 0 aromatic heterocycles. The molecule has 2 N–H and O–H groups in total. The van der Waals surface area contributed by atoms with Crippen LogP contribution in [0.4, 0.5) is 0 Å². The van der Waals surface area contributed by atoms with Crippen molar-refractivity contribution >= 4 is 11.9 Å². The molecule has 2 atom stereocenters. The molecule has 2 fully saturated rings. The average Bonchev–Trinajstić information content (AvgIpc) is 2.37. The summed E-state index contributed by atoms with van der Waals surface area (Å²) in [5.74, 6) is -0.501. The molecule has 0 saturated carbocycles. The molecule has 114 valence electrons. The Kier molecular flexibility index (Phi) is 4.68. The first-order valence-corrected chi connectivity index (χ1v) is 7.65. The van der Waals surface area contributed by atoms with Gasteiger partial charge in [-0.05, 0) is 50.1 Å². The number of rotatable bonds is 3. The van der Waals surface area contributed by atoms with E-state index >= 15 is 0 Å². The molecule has 2 aliphatic rings. The highest BCUT2D eigenvalue weighted by atomic mass is 16.4. The molecule has 2 saturated heterocycles. The molecule has 1 amide bonds. The third-order valence-corrected chi connectivity index (χ3v) is 4.69. The molecule has 0 radical (unpaired) electrons. The summed E-state index contributed by atoms with van der Waals surface area (Å²) in [5, 5.41) is 12.8. The van der Waals surface area contributed by atoms with Crippen LogP contribution >= 0.6 is 0 Å². The zero-order valence-corrected chi connectivity index (χ0v) is 12.5. The van der Waals surface area contributed by atoms with Gasteiger partial charge in [0.15, 0.2) is 0 Å². The lowest BCUT2D eigenvalue weighted by Gasteiger charge is -2.44. The number of hydrogen-bond donors (Lipinski definition) is 2. The van der Waals surface area contributed by atoms with Crippen molar-refractivity contribution in [1.82, 2.24) is 10.2 Å². The molecule has 0 aromatic carbocycles. The first-order valence-electron chi connectivity index (χ1n) is 7.65. The number of likely N-dealkylation sites (tertiary alicyclic amines) is 1. The number of nitrogens with zero attached hydrogens (tertiary/aromatic N) is 1. The van der Waals surface area contributed by atoms with Gasteiger partial charge in [-0.2, -0.15) is 0 Å². The van der Waals surface area contributed by atoms with Gasteiger partial charge in [0.2, 0.25) is 5.91 Å². The van der Waals surface area contributed by atoms with E-state index in [1.54, 1.807) is 4.90 Å². The summed E-state index contributed by atoms with van der Waals surface area (Å²) in [6.07, 6.45) is 4.40. The Labute approximate surface area is 120 Å². The van der Waals surface area contributed by atoms with E-state index in [1.807, 2.05) is 13.8 Å². The maximum Gasteiger partial charge on any atom is 0.326 e. The lowest BCUT2D eigenvalue weighted by Crippen LogP contribution is -2.56. The van der Waals surface area contributed by atoms with E-state index in [0.717, 1.165) is 38.8 Å². The van der Waals surface area contributed by atoms with Gasteiger partial charge in [0, 0.05) is 13.0 Å². The minimum absolute atomic E-state index is 0.0128. The van der Waals surface area contributed by atoms with E-state index in [2.05, 4.69) is 5.32 Å². The molecule has 5 nitrogen and oxygen atoms in total. The van der Waals surface area contributed by atoms with Crippen LogP contribution in [0.2, 0.25) is 0 Å². The Bertz CT molecular complexity index is 375. The Morgan fingerprint density at radius 3 is 2.70 bits per heavy atom. The van der Waals surface area contributed by atoms with Crippen molar-refractivity contribution in [2.24, 2.45) is 11.3 Å². The molecule has 2 rings (SSSR count). The van der Waals surface area contributed by atoms with Crippen molar-refractivity contribution in [2.75, 3.05) is 19.6 Å². The van der Waals surface area contributed by atoms with E-state index in [4.69, 9.17) is 0 Å². The summed E-state index contributed by atoms with van der Waals surface area (Å²) in [7, 11) is 0. The Morgan fingerprint density at radius 1 is 1.35 bits per heavy atom. The summed E-state index contributed by atoms with van der Waals surface area (Å²) in [6, 6.07) is -0.680. The molecular weight excluding hydrogens is 256 g/mol. The normalized spacial score (nSPS) is 30.0. The first kappa shape index (κ1) is 15.3. The maximum absolute atomic E-state index is 12.5. The number of nitrogens with one attached hydrogen (secondary N) is 1. The first-order chi connectivity index (χ1) is 9.42. The molecule has 2 unspecified atom stereocenters. The van der Waals surface area contributed by atoms with Gasteiger partial charge in [-0.15, -0.1) is 0 Å². The minimum atomic E-state index is -0.871. The van der Waals surface area contributed by atoms with Crippen LogP contribution < -0.4 is 5.32 Å². The number of amides is 1. The Hall–Kier alpha value is -1.10. The highest BCUT2D eigenvalue weighted by Crippen LogP contribution is 2.36. The SMILES string of the molecule is CC1(C)CCCN(C(=O)CC2CCCNC2)C1C(=O)O. The summed E-state index contributed by atoms with van der Waals surface area (Å²) >= 11 is 0. The van der Waals surface area contributed by atoms with E-state index in [0.29, 0.717) is 18.9 Å². The number of carbonyl (C=O) groups is 2. The van der Waals surface area contributed by atoms with Crippen LogP contribution in [0.1, 0.15) is 46.0 Å². The van der Waals surface area contributed by atoms with Crippen molar-refractivity contribution in [2.45, 2.75) is 52.0 Å². The van der Waals surface area contributed by atoms with Gasteiger partial charge in [0.1, 0.15) is 6.04 Å². The van der Waals surface area contributed by atoms with Crippen molar-refractivity contribution in [1.29, 1.82) is 0 Å². The van der Waals surface area contributed by atoms with Gasteiger partial charge < -0.3 is 15.3 Å². The largest absolute Gasteiger partial charge is 0.480 e. The number of carboxylic acid groups (broad SMARTS) is 1. The third-order valence-electron chi connectivity index (χ3n) is 4.69. The topological polar surface area (TPSA) is 69.6 Å². The summed E-state index contributed by atoms with van der Waals surface area (Å²) < 4.78 is 0. The van der Waals surface area contributed by atoms with Crippen molar-refractivity contribution in [3.05, 3.63) is 0 Å². The summed E-state index contributed by atoms with van der Waals surface area (Å²) in [4.78, 5) is 25.7. The fourth-order valence-electron chi connectivity index (χ4n) is 3.59. The van der Waals surface area contributed by atoms with Crippen LogP contribution in [-0.2, 0) is 9.59 Å². The lowest BCUT2D eigenvalue weighted by atomic mass is 9.76. The van der Waals surface area contributed by atoms with Gasteiger partial charge in [-0.3, -0.25) is 4.79 Å². The Balaban J connectivity index is 2.04. The van der Waals surface area contributed by atoms with E-state index in [-0.39, 0.29) is 11.3 Å². The van der Waals surface area contributed by atoms with Gasteiger partial charge in [0.25, 0.3) is 0 Å². The second kappa shape index (κ2) is 6.12. The van der Waals surface area contributed by atoms with Crippen LogP contribution in [0, 0.1) is 11.3 Å². The number of hydrogen-bond acceptors (Lipinski definition) is 3. The van der Waals surface area contributed by atoms with Crippen LogP contribution in [0.15, 0.2) is 0 Å². The predicted molar refractivity (Wildman–Crippen MR) is 76.4 cm³/mol. The highest BCUT2D eigenvalue weighted by Gasteiger charge is 2.44. The lowest BCUT2D eigenvalue weighted by molar-refractivity contribution is -0.159. The monoisotopic (exact) mass is 282 g/mol. The molecule has 0 aromatic rings. The fourth-order valence-corrected chi connectivity index (χ4v) is 3.59. The smallest absolute Gasteiger partial charge is 0.326 e. The number of aliphatic carboxylic acids is 1. The number of piperidine rings is 2. The van der Waals surface area contributed by atoms with Gasteiger partial charge in [-0.1, -0.05) is 13.8 Å². The third kappa shape index (κ3) is 3.32. The standard InChI is InChI=1S/C15H26N2O3/c1-15(2)6-4-8-17(13(15)14(19)20)12(18)9-11-5-3-7-16-10-11/h11,13,16H,3-10H2,1-2H3,(H,19,20). The van der Waals surface area contributed by atoms with Crippen molar-refractivity contribution in [3.8, 4) is 0 Å². The number of carbonyl (C=O) groups excluding carboxylic acids is 1. The second-order valence-corrected chi connectivity index (χ2v) is 6.84. The van der Waals surface area contributed by atoms with Crippen LogP contribution in [0.25, 0.3) is 0 Å². The van der Waals surface area contributed by atoms with Crippen LogP contribution in [0.5, 0.6) is 0 Å². The molecule has 2 aliphatic heterocycles. The summed E-state index contributed by atoms with van der Waals surface area (Å²) in [5.41, 5.74) is -0.343. The van der Waals surface area contributed by atoms with Crippen molar-refractivity contribution < 1.29 is 14.7 Å². The molecule has 5 heteroatoms. The quantitative estimate of drug-likeness (QED) is 0.822. The van der Waals surface area contributed by atoms with E-state index < -0.39 is 12.0 Å². The molecule has 2 heterocycles. The molecule has 20 heavy (non-hydrogen) atoms. The Morgan fingerprint density at radius 2 is 2.10 bits per heavy atom. The molecule has 0 bridgehead atoms. The van der Waals surface area contributed by atoms with Gasteiger partial charge >= 0.3 is 5.97 Å². The fraction of sp³-hybridized carbons (Fsp3) is 0.867. The van der Waals surface area contributed by atoms with Crippen LogP contribution in [-0.4, -0.2) is 47.6 Å². The zero-order valence-electron chi connectivity index (χ0n) is 12.5. The average molecular weight is 282 g/mol. The molecule has 0 aliphatic carbocycles. The van der Waals surface area contributed by atoms with Gasteiger partial charge in [-0.25, -0.2) is 4.79 Å². The molecule has 0 spiro atoms. The highest BCUT2D eigenvalue weighted by molar-refractivity contribution is 5.84. The number of carboxylic acids is 1. The maximum atomic E-state index is 12.5. The van der Waals surface area contributed by atoms with Crippen LogP contribution in [0.3, 0.4) is 0 Å². The zero-order chi connectivity index (χ0) is 14.8. The minimum Gasteiger partial charge on any atom is -0.480 e.